The van der Waals surface area contributed by atoms with Crippen LogP contribution in [-0.2, 0) is 0 Å². The molecule has 2 amide bonds. The van der Waals surface area contributed by atoms with E-state index >= 15 is 0 Å². The first-order chi connectivity index (χ1) is 16.7. The van der Waals surface area contributed by atoms with Crippen molar-refractivity contribution in [2.75, 3.05) is 24.9 Å². The average Bonchev–Trinajstić information content (AvgIpc) is 3.18. The third-order valence-corrected chi connectivity index (χ3v) is 6.32. The lowest BCUT2D eigenvalue weighted by Crippen LogP contribution is -2.25. The summed E-state index contributed by atoms with van der Waals surface area (Å²) in [6, 6.07) is 10.6. The third-order valence-electron chi connectivity index (χ3n) is 4.85. The van der Waals surface area contributed by atoms with Crippen LogP contribution in [0.25, 0.3) is 4.96 Å². The van der Waals surface area contributed by atoms with Crippen molar-refractivity contribution in [2.45, 2.75) is 6.92 Å². The lowest BCUT2D eigenvalue weighted by Gasteiger charge is -2.12. The molecule has 0 aliphatic heterocycles. The zero-order valence-electron chi connectivity index (χ0n) is 18.6. The summed E-state index contributed by atoms with van der Waals surface area (Å²) in [4.78, 5) is 44.0. The largest absolute Gasteiger partial charge is 0.497 e. The van der Waals surface area contributed by atoms with Gasteiger partial charge in [0, 0.05) is 33.6 Å². The Morgan fingerprint density at radius 2 is 1.69 bits per heavy atom. The van der Waals surface area contributed by atoms with Crippen molar-refractivity contribution in [1.29, 1.82) is 0 Å². The standard InChI is InChI=1S/C23H18Cl2N4O5S/c1-11-6-18(30)29-19(21(31)28-16-5-4-15(33-2)10-17(16)34-3)20(35-23(29)26-11)22(32)27-14-8-12(24)7-13(25)9-14/h4-10H,1-3H3,(H,27,32)(H,28,31). The van der Waals surface area contributed by atoms with E-state index in [0.29, 0.717) is 38.6 Å². The first-order valence-corrected chi connectivity index (χ1v) is 11.6. The van der Waals surface area contributed by atoms with Gasteiger partial charge in [-0.15, -0.1) is 0 Å². The molecule has 0 aliphatic carbocycles. The number of aryl methyl sites for hydroxylation is 1. The van der Waals surface area contributed by atoms with Gasteiger partial charge in [-0.1, -0.05) is 34.5 Å². The highest BCUT2D eigenvalue weighted by Gasteiger charge is 2.27. The molecule has 9 nitrogen and oxygen atoms in total. The number of fused-ring (bicyclic) bond motifs is 1. The van der Waals surface area contributed by atoms with Crippen LogP contribution in [0.1, 0.15) is 25.9 Å². The van der Waals surface area contributed by atoms with Gasteiger partial charge in [-0.25, -0.2) is 9.38 Å². The lowest BCUT2D eigenvalue weighted by molar-refractivity contribution is 0.0989. The Morgan fingerprint density at radius 3 is 2.34 bits per heavy atom. The van der Waals surface area contributed by atoms with Crippen molar-refractivity contribution in [3.63, 3.8) is 0 Å². The molecule has 0 saturated carbocycles. The maximum Gasteiger partial charge on any atom is 0.274 e. The third kappa shape index (κ3) is 5.09. The zero-order valence-corrected chi connectivity index (χ0v) is 21.0. The summed E-state index contributed by atoms with van der Waals surface area (Å²) in [6.07, 6.45) is 0. The number of benzene rings is 2. The van der Waals surface area contributed by atoms with Crippen LogP contribution >= 0.6 is 34.5 Å². The first kappa shape index (κ1) is 24.5. The topological polar surface area (TPSA) is 111 Å². The fraction of sp³-hybridized carbons (Fsp3) is 0.130. The van der Waals surface area contributed by atoms with E-state index in [4.69, 9.17) is 32.7 Å². The monoisotopic (exact) mass is 532 g/mol. The molecule has 0 bridgehead atoms. The number of rotatable bonds is 6. The summed E-state index contributed by atoms with van der Waals surface area (Å²) in [5, 5.41) is 6.02. The number of carbonyl (C=O) groups excluding carboxylic acids is 2. The molecule has 0 saturated heterocycles. The van der Waals surface area contributed by atoms with E-state index in [0.717, 1.165) is 15.7 Å². The first-order valence-electron chi connectivity index (χ1n) is 10.0. The van der Waals surface area contributed by atoms with Gasteiger partial charge >= 0.3 is 0 Å². The Hall–Kier alpha value is -3.60. The molecule has 180 valence electrons. The predicted octanol–water partition coefficient (Wildman–Crippen LogP) is 4.89. The molecule has 2 aromatic heterocycles. The number of thiazole rings is 1. The zero-order chi connectivity index (χ0) is 25.3. The molecule has 2 N–H and O–H groups in total. The number of hydrogen-bond acceptors (Lipinski definition) is 7. The van der Waals surface area contributed by atoms with E-state index in [9.17, 15) is 14.4 Å². The van der Waals surface area contributed by atoms with Gasteiger partial charge in [0.25, 0.3) is 17.4 Å². The number of nitrogens with zero attached hydrogens (tertiary/aromatic N) is 2. The Balaban J connectivity index is 1.80. The number of ether oxygens (including phenoxy) is 2. The number of halogens is 2. The van der Waals surface area contributed by atoms with E-state index in [2.05, 4.69) is 15.6 Å². The lowest BCUT2D eigenvalue weighted by atomic mass is 10.2. The maximum absolute atomic E-state index is 13.4. The molecule has 0 aliphatic rings. The minimum Gasteiger partial charge on any atom is -0.497 e. The molecule has 2 heterocycles. The van der Waals surface area contributed by atoms with E-state index in [1.807, 2.05) is 0 Å². The highest BCUT2D eigenvalue weighted by molar-refractivity contribution is 7.19. The van der Waals surface area contributed by atoms with E-state index in [1.165, 1.54) is 38.5 Å². The quantitative estimate of drug-likeness (QED) is 0.365. The number of amides is 2. The summed E-state index contributed by atoms with van der Waals surface area (Å²) in [7, 11) is 2.94. The van der Waals surface area contributed by atoms with Gasteiger partial charge in [0.05, 0.1) is 19.9 Å². The molecule has 4 aromatic rings. The van der Waals surface area contributed by atoms with Gasteiger partial charge in [0.2, 0.25) is 0 Å². The second-order valence-electron chi connectivity index (χ2n) is 7.27. The van der Waals surface area contributed by atoms with Crippen molar-refractivity contribution in [1.82, 2.24) is 9.38 Å². The maximum atomic E-state index is 13.4. The summed E-state index contributed by atoms with van der Waals surface area (Å²) < 4.78 is 11.6. The molecule has 12 heteroatoms. The molecular formula is C23H18Cl2N4O5S. The molecule has 0 unspecified atom stereocenters. The van der Waals surface area contributed by atoms with Crippen LogP contribution in [-0.4, -0.2) is 35.4 Å². The van der Waals surface area contributed by atoms with Gasteiger partial charge in [-0.05, 0) is 37.3 Å². The summed E-state index contributed by atoms with van der Waals surface area (Å²) >= 11 is 13.0. The van der Waals surface area contributed by atoms with Crippen LogP contribution in [0.2, 0.25) is 10.0 Å². The van der Waals surface area contributed by atoms with Gasteiger partial charge in [0.15, 0.2) is 4.96 Å². The van der Waals surface area contributed by atoms with E-state index in [1.54, 1.807) is 25.1 Å². The predicted molar refractivity (Wildman–Crippen MR) is 136 cm³/mol. The number of methoxy groups -OCH3 is 2. The average molecular weight is 533 g/mol. The molecular weight excluding hydrogens is 515 g/mol. The van der Waals surface area contributed by atoms with Crippen molar-refractivity contribution in [3.05, 3.63) is 79.1 Å². The van der Waals surface area contributed by atoms with Crippen molar-refractivity contribution in [3.8, 4) is 11.5 Å². The van der Waals surface area contributed by atoms with Gasteiger partial charge in [-0.2, -0.15) is 0 Å². The van der Waals surface area contributed by atoms with Gasteiger partial charge < -0.3 is 20.1 Å². The SMILES string of the molecule is COc1ccc(NC(=O)c2c(C(=O)Nc3cc(Cl)cc(Cl)c3)sc3nc(C)cc(=O)n23)c(OC)c1. The van der Waals surface area contributed by atoms with Gasteiger partial charge in [0.1, 0.15) is 22.1 Å². The molecule has 0 atom stereocenters. The van der Waals surface area contributed by atoms with Crippen LogP contribution in [0.4, 0.5) is 11.4 Å². The van der Waals surface area contributed by atoms with Crippen molar-refractivity contribution < 1.29 is 19.1 Å². The second kappa shape index (κ2) is 9.95. The van der Waals surface area contributed by atoms with Gasteiger partial charge in [-0.3, -0.25) is 14.4 Å². The van der Waals surface area contributed by atoms with Crippen LogP contribution in [0.5, 0.6) is 11.5 Å². The fourth-order valence-corrected chi connectivity index (χ4v) is 4.94. The highest BCUT2D eigenvalue weighted by Crippen LogP contribution is 2.31. The second-order valence-corrected chi connectivity index (χ2v) is 9.12. The molecule has 0 spiro atoms. The number of carbonyl (C=O) groups is 2. The van der Waals surface area contributed by atoms with Crippen molar-refractivity contribution >= 4 is 62.7 Å². The normalized spacial score (nSPS) is 10.8. The van der Waals surface area contributed by atoms with Crippen molar-refractivity contribution in [2.24, 2.45) is 0 Å². The number of nitrogens with one attached hydrogen (secondary N) is 2. The Morgan fingerprint density at radius 1 is 0.971 bits per heavy atom. The Kier molecular flexibility index (Phi) is 6.97. The Labute approximate surface area is 213 Å². The molecule has 0 radical (unpaired) electrons. The minimum absolute atomic E-state index is 0.0266. The molecule has 0 fully saturated rings. The number of hydrogen-bond donors (Lipinski definition) is 2. The fourth-order valence-electron chi connectivity index (χ4n) is 3.34. The Bertz CT molecular complexity index is 1510. The summed E-state index contributed by atoms with van der Waals surface area (Å²) in [5.74, 6) is -0.487. The van der Waals surface area contributed by atoms with E-state index < -0.39 is 17.4 Å². The molecule has 35 heavy (non-hydrogen) atoms. The van der Waals surface area contributed by atoms with Crippen LogP contribution in [0.15, 0.2) is 47.3 Å². The van der Waals surface area contributed by atoms with Crippen LogP contribution in [0.3, 0.4) is 0 Å². The minimum atomic E-state index is -0.707. The molecule has 4 rings (SSSR count). The van der Waals surface area contributed by atoms with E-state index in [-0.39, 0.29) is 15.5 Å². The summed E-state index contributed by atoms with van der Waals surface area (Å²) in [5.41, 5.74) is 0.420. The van der Waals surface area contributed by atoms with Crippen LogP contribution < -0.4 is 25.7 Å². The number of aromatic nitrogens is 2. The number of anilines is 2. The van der Waals surface area contributed by atoms with Crippen LogP contribution in [0, 0.1) is 6.92 Å². The summed E-state index contributed by atoms with van der Waals surface area (Å²) in [6.45, 7) is 1.65. The smallest absolute Gasteiger partial charge is 0.274 e. The highest BCUT2D eigenvalue weighted by atomic mass is 35.5. The molecule has 2 aromatic carbocycles.